The Labute approximate surface area is 116 Å². The van der Waals surface area contributed by atoms with E-state index in [1.807, 2.05) is 0 Å². The molecule has 2 N–H and O–H groups in total. The maximum atomic E-state index is 10.3. The molecule has 2 saturated carbocycles. The molecule has 1 aromatic carbocycles. The molecule has 1 unspecified atom stereocenters. The van der Waals surface area contributed by atoms with E-state index in [2.05, 4.69) is 29.6 Å². The van der Waals surface area contributed by atoms with E-state index in [0.29, 0.717) is 12.6 Å². The molecule has 19 heavy (non-hydrogen) atoms. The van der Waals surface area contributed by atoms with E-state index in [-0.39, 0.29) is 6.10 Å². The number of aliphatic hydroxyl groups excluding tert-OH is 1. The summed E-state index contributed by atoms with van der Waals surface area (Å²) in [6, 6.07) is 9.16. The summed E-state index contributed by atoms with van der Waals surface area (Å²) in [5.41, 5.74) is 2.49. The van der Waals surface area contributed by atoms with Crippen LogP contribution in [0.15, 0.2) is 24.3 Å². The zero-order valence-electron chi connectivity index (χ0n) is 11.6. The average Bonchev–Trinajstić information content (AvgIpc) is 3.31. The predicted octanol–water partition coefficient (Wildman–Crippen LogP) is 3.52. The summed E-state index contributed by atoms with van der Waals surface area (Å²) in [5.74, 6) is 0.762. The molecule has 2 heteroatoms. The van der Waals surface area contributed by atoms with Gasteiger partial charge in [0.1, 0.15) is 0 Å². The molecule has 104 valence electrons. The number of nitrogens with one attached hydrogen (secondary N) is 1. The van der Waals surface area contributed by atoms with Crippen molar-refractivity contribution in [1.82, 2.24) is 5.32 Å². The van der Waals surface area contributed by atoms with Gasteiger partial charge in [-0.3, -0.25) is 0 Å². The van der Waals surface area contributed by atoms with E-state index in [1.165, 1.54) is 50.5 Å². The zero-order valence-corrected chi connectivity index (χ0v) is 11.6. The van der Waals surface area contributed by atoms with Gasteiger partial charge in [0.2, 0.25) is 0 Å². The molecule has 2 aliphatic carbocycles. The molecule has 0 aromatic heterocycles. The highest BCUT2D eigenvalue weighted by molar-refractivity contribution is 5.30. The zero-order chi connectivity index (χ0) is 13.1. The molecule has 2 fully saturated rings. The summed E-state index contributed by atoms with van der Waals surface area (Å²) in [7, 11) is 0. The Morgan fingerprint density at radius 3 is 2.63 bits per heavy atom. The molecule has 0 radical (unpaired) electrons. The predicted molar refractivity (Wildman–Crippen MR) is 78.3 cm³/mol. The highest BCUT2D eigenvalue weighted by atomic mass is 16.3. The Morgan fingerprint density at radius 2 is 1.89 bits per heavy atom. The number of rotatable bonds is 5. The topological polar surface area (TPSA) is 32.3 Å². The van der Waals surface area contributed by atoms with Crippen LogP contribution in [-0.2, 0) is 0 Å². The molecule has 0 aliphatic heterocycles. The summed E-state index contributed by atoms with van der Waals surface area (Å²) in [6.07, 6.45) is 8.88. The van der Waals surface area contributed by atoms with Gasteiger partial charge in [0.25, 0.3) is 0 Å². The lowest BCUT2D eigenvalue weighted by atomic mass is 9.95. The molecule has 0 spiro atoms. The lowest BCUT2D eigenvalue weighted by Gasteiger charge is -2.24. The van der Waals surface area contributed by atoms with Crippen molar-refractivity contribution in [2.24, 2.45) is 0 Å². The van der Waals surface area contributed by atoms with Crippen LogP contribution in [0.1, 0.15) is 68.1 Å². The maximum absolute atomic E-state index is 10.3. The van der Waals surface area contributed by atoms with Gasteiger partial charge >= 0.3 is 0 Å². The van der Waals surface area contributed by atoms with Crippen molar-refractivity contribution in [2.45, 2.75) is 63.0 Å². The van der Waals surface area contributed by atoms with Crippen LogP contribution in [0.25, 0.3) is 0 Å². The third-order valence-corrected chi connectivity index (χ3v) is 4.55. The third kappa shape index (κ3) is 3.58. The summed E-state index contributed by atoms with van der Waals surface area (Å²) in [6.45, 7) is 0.693. The van der Waals surface area contributed by atoms with Crippen LogP contribution in [0.4, 0.5) is 0 Å². The van der Waals surface area contributed by atoms with E-state index in [9.17, 15) is 5.11 Å². The second-order valence-corrected chi connectivity index (χ2v) is 6.20. The average molecular weight is 259 g/mol. The first kappa shape index (κ1) is 13.1. The molecule has 0 heterocycles. The Bertz CT molecular complexity index is 407. The van der Waals surface area contributed by atoms with Gasteiger partial charge < -0.3 is 10.4 Å². The van der Waals surface area contributed by atoms with Crippen LogP contribution < -0.4 is 5.32 Å². The van der Waals surface area contributed by atoms with Crippen molar-refractivity contribution in [3.8, 4) is 0 Å². The molecule has 1 atom stereocenters. The van der Waals surface area contributed by atoms with Gasteiger partial charge in [-0.15, -0.1) is 0 Å². The minimum Gasteiger partial charge on any atom is -0.387 e. The Kier molecular flexibility index (Phi) is 4.19. The standard InChI is InChI=1S/C17H25NO/c19-17(12-18-16-7-2-1-3-8-16)15-6-4-5-14(11-15)13-9-10-13/h4-6,11,13,16-19H,1-3,7-10,12H2. The first-order chi connectivity index (χ1) is 9.33. The number of hydrogen-bond donors (Lipinski definition) is 2. The highest BCUT2D eigenvalue weighted by Gasteiger charge is 2.24. The third-order valence-electron chi connectivity index (χ3n) is 4.55. The van der Waals surface area contributed by atoms with E-state index >= 15 is 0 Å². The van der Waals surface area contributed by atoms with Gasteiger partial charge in [-0.05, 0) is 42.7 Å². The smallest absolute Gasteiger partial charge is 0.0914 e. The SMILES string of the molecule is OC(CNC1CCCCC1)c1cccc(C2CC2)c1. The first-order valence-corrected chi connectivity index (χ1v) is 7.84. The first-order valence-electron chi connectivity index (χ1n) is 7.84. The number of aliphatic hydroxyl groups is 1. The largest absolute Gasteiger partial charge is 0.387 e. The van der Waals surface area contributed by atoms with Crippen LogP contribution in [-0.4, -0.2) is 17.7 Å². The summed E-state index contributed by atoms with van der Waals surface area (Å²) >= 11 is 0. The molecular weight excluding hydrogens is 234 g/mol. The van der Waals surface area contributed by atoms with Gasteiger partial charge in [-0.25, -0.2) is 0 Å². The quantitative estimate of drug-likeness (QED) is 0.848. The minimum absolute atomic E-state index is 0.361. The van der Waals surface area contributed by atoms with Gasteiger partial charge in [-0.2, -0.15) is 0 Å². The van der Waals surface area contributed by atoms with Gasteiger partial charge in [0.15, 0.2) is 0 Å². The van der Waals surface area contributed by atoms with Crippen molar-refractivity contribution >= 4 is 0 Å². The molecular formula is C17H25NO. The Balaban J connectivity index is 1.53. The van der Waals surface area contributed by atoms with Crippen molar-refractivity contribution in [2.75, 3.05) is 6.54 Å². The summed E-state index contributed by atoms with van der Waals surface area (Å²) < 4.78 is 0. The monoisotopic (exact) mass is 259 g/mol. The van der Waals surface area contributed by atoms with E-state index in [4.69, 9.17) is 0 Å². The fourth-order valence-corrected chi connectivity index (χ4v) is 3.14. The van der Waals surface area contributed by atoms with Crippen LogP contribution in [0.3, 0.4) is 0 Å². The molecule has 0 bridgehead atoms. The number of hydrogen-bond acceptors (Lipinski definition) is 2. The fourth-order valence-electron chi connectivity index (χ4n) is 3.14. The Hall–Kier alpha value is -0.860. The number of benzene rings is 1. The summed E-state index contributed by atoms with van der Waals surface area (Å²) in [4.78, 5) is 0. The van der Waals surface area contributed by atoms with E-state index < -0.39 is 0 Å². The molecule has 1 aromatic rings. The lowest BCUT2D eigenvalue weighted by Crippen LogP contribution is -2.34. The van der Waals surface area contributed by atoms with Crippen LogP contribution in [0.2, 0.25) is 0 Å². The molecule has 0 amide bonds. The van der Waals surface area contributed by atoms with Crippen LogP contribution in [0.5, 0.6) is 0 Å². The molecule has 2 nitrogen and oxygen atoms in total. The fraction of sp³-hybridized carbons (Fsp3) is 0.647. The van der Waals surface area contributed by atoms with Crippen molar-refractivity contribution in [3.05, 3.63) is 35.4 Å². The molecule has 0 saturated heterocycles. The van der Waals surface area contributed by atoms with Gasteiger partial charge in [0.05, 0.1) is 6.10 Å². The second-order valence-electron chi connectivity index (χ2n) is 6.20. The van der Waals surface area contributed by atoms with Gasteiger partial charge in [0, 0.05) is 12.6 Å². The lowest BCUT2D eigenvalue weighted by molar-refractivity contribution is 0.165. The van der Waals surface area contributed by atoms with E-state index in [1.54, 1.807) is 0 Å². The minimum atomic E-state index is -0.361. The Morgan fingerprint density at radius 1 is 1.11 bits per heavy atom. The van der Waals surface area contributed by atoms with E-state index in [0.717, 1.165) is 11.5 Å². The maximum Gasteiger partial charge on any atom is 0.0914 e. The highest BCUT2D eigenvalue weighted by Crippen LogP contribution is 2.40. The van der Waals surface area contributed by atoms with Crippen molar-refractivity contribution < 1.29 is 5.11 Å². The second kappa shape index (κ2) is 6.06. The van der Waals surface area contributed by atoms with Crippen LogP contribution >= 0.6 is 0 Å². The van der Waals surface area contributed by atoms with Crippen LogP contribution in [0, 0.1) is 0 Å². The van der Waals surface area contributed by atoms with Crippen molar-refractivity contribution in [3.63, 3.8) is 0 Å². The summed E-state index contributed by atoms with van der Waals surface area (Å²) in [5, 5.41) is 13.8. The molecule has 3 rings (SSSR count). The normalized spacial score (nSPS) is 22.4. The molecule has 2 aliphatic rings. The van der Waals surface area contributed by atoms with Crippen molar-refractivity contribution in [1.29, 1.82) is 0 Å². The van der Waals surface area contributed by atoms with Gasteiger partial charge in [-0.1, -0.05) is 43.5 Å².